The van der Waals surface area contributed by atoms with Gasteiger partial charge in [0.15, 0.2) is 0 Å². The number of nitrogens with zero attached hydrogens (tertiary/aromatic N) is 2. The van der Waals surface area contributed by atoms with Gasteiger partial charge in [-0.2, -0.15) is 0 Å². The molecule has 0 spiro atoms. The molecule has 0 radical (unpaired) electrons. The topological polar surface area (TPSA) is 61.0 Å². The lowest BCUT2D eigenvalue weighted by Crippen LogP contribution is -2.06. The fourth-order valence-corrected chi connectivity index (χ4v) is 0.215. The van der Waals surface area contributed by atoms with Crippen LogP contribution in [0.2, 0.25) is 0 Å². The number of hydrogen-bond donors (Lipinski definition) is 2. The fraction of sp³-hybridized carbons (Fsp3) is 0.500. The Kier molecular flexibility index (Phi) is 23.8. The molecule has 0 unspecified atom stereocenters. The standard InChI is InChI=1S/C3H4N2.C3H7NO.C2H7N.ClH/c1-2-5-3-4-1;1-4(2)3-5;1-3-2;/h1-3H,(H,4,5);3H,1-2H3;3H,1-2H3;1H. The van der Waals surface area contributed by atoms with E-state index in [1.54, 1.807) is 32.8 Å². The number of rotatable bonds is 1. The number of halogens is 1. The summed E-state index contributed by atoms with van der Waals surface area (Å²) < 4.78 is 0. The summed E-state index contributed by atoms with van der Waals surface area (Å²) in [6, 6.07) is 0. The third kappa shape index (κ3) is 30.6. The number of H-pyrrole nitrogens is 1. The number of hydrogen-bond acceptors (Lipinski definition) is 3. The van der Waals surface area contributed by atoms with Gasteiger partial charge >= 0.3 is 0 Å². The quantitative estimate of drug-likeness (QED) is 0.675. The molecule has 1 aromatic rings. The van der Waals surface area contributed by atoms with E-state index in [4.69, 9.17) is 0 Å². The molecule has 1 amide bonds. The van der Waals surface area contributed by atoms with Crippen molar-refractivity contribution in [2.75, 3.05) is 28.2 Å². The maximum atomic E-state index is 9.43. The van der Waals surface area contributed by atoms with Crippen molar-refractivity contribution in [2.45, 2.75) is 0 Å². The molecule has 0 aliphatic carbocycles. The van der Waals surface area contributed by atoms with E-state index in [0.717, 1.165) is 6.41 Å². The Balaban J connectivity index is -0.000000130. The van der Waals surface area contributed by atoms with E-state index in [1.165, 1.54) is 4.90 Å². The van der Waals surface area contributed by atoms with Crippen LogP contribution in [0.1, 0.15) is 0 Å². The van der Waals surface area contributed by atoms with Crippen molar-refractivity contribution in [2.24, 2.45) is 0 Å². The molecule has 0 aromatic carbocycles. The van der Waals surface area contributed by atoms with Crippen LogP contribution in [0.25, 0.3) is 0 Å². The Labute approximate surface area is 91.3 Å². The van der Waals surface area contributed by atoms with Crippen molar-refractivity contribution < 1.29 is 4.79 Å². The van der Waals surface area contributed by atoms with Gasteiger partial charge < -0.3 is 15.2 Å². The van der Waals surface area contributed by atoms with E-state index in [0.29, 0.717) is 0 Å². The predicted molar refractivity (Wildman–Crippen MR) is 60.6 cm³/mol. The molecule has 1 rings (SSSR count). The highest BCUT2D eigenvalue weighted by Crippen LogP contribution is 1.62. The third-order valence-corrected chi connectivity index (χ3v) is 0.617. The van der Waals surface area contributed by atoms with E-state index in [9.17, 15) is 4.79 Å². The van der Waals surface area contributed by atoms with Crippen molar-refractivity contribution in [3.8, 4) is 0 Å². The van der Waals surface area contributed by atoms with Crippen molar-refractivity contribution in [1.29, 1.82) is 0 Å². The molecule has 0 aliphatic heterocycles. The third-order valence-electron chi connectivity index (χ3n) is 0.617. The summed E-state index contributed by atoms with van der Waals surface area (Å²) in [6.07, 6.45) is 5.83. The van der Waals surface area contributed by atoms with E-state index >= 15 is 0 Å². The Hall–Kier alpha value is -1.07. The van der Waals surface area contributed by atoms with Crippen LogP contribution in [0, 0.1) is 0 Å². The van der Waals surface area contributed by atoms with Gasteiger partial charge in [0.2, 0.25) is 6.41 Å². The Morgan fingerprint density at radius 1 is 1.43 bits per heavy atom. The van der Waals surface area contributed by atoms with E-state index in [1.807, 2.05) is 14.1 Å². The first-order valence-electron chi connectivity index (χ1n) is 3.82. The number of carbonyl (C=O) groups excluding carboxylic acids is 1. The molecule has 1 heterocycles. The van der Waals surface area contributed by atoms with E-state index < -0.39 is 0 Å². The van der Waals surface area contributed by atoms with Gasteiger partial charge in [-0.15, -0.1) is 12.4 Å². The first-order valence-corrected chi connectivity index (χ1v) is 3.82. The van der Waals surface area contributed by atoms with Gasteiger partial charge in [0.1, 0.15) is 0 Å². The molecule has 1 aromatic heterocycles. The minimum absolute atomic E-state index is 0. The molecular formula is C8H19ClN4O. The largest absolute Gasteiger partial charge is 0.351 e. The average Bonchev–Trinajstić information content (AvgIpc) is 2.62. The van der Waals surface area contributed by atoms with Crippen molar-refractivity contribution in [1.82, 2.24) is 20.2 Å². The zero-order valence-corrected chi connectivity index (χ0v) is 9.84. The van der Waals surface area contributed by atoms with Gasteiger partial charge in [-0.3, -0.25) is 4.79 Å². The lowest BCUT2D eigenvalue weighted by molar-refractivity contribution is -0.115. The fourth-order valence-electron chi connectivity index (χ4n) is 0.215. The second-order valence-electron chi connectivity index (χ2n) is 2.33. The van der Waals surface area contributed by atoms with Gasteiger partial charge in [-0.05, 0) is 14.1 Å². The van der Waals surface area contributed by atoms with Crippen LogP contribution in [-0.4, -0.2) is 49.5 Å². The number of aromatic amines is 1. The van der Waals surface area contributed by atoms with Gasteiger partial charge in [-0.1, -0.05) is 0 Å². The minimum atomic E-state index is 0. The lowest BCUT2D eigenvalue weighted by Gasteiger charge is -1.93. The molecule has 14 heavy (non-hydrogen) atoms. The first-order chi connectivity index (χ1) is 6.18. The van der Waals surface area contributed by atoms with Crippen LogP contribution in [0.15, 0.2) is 18.7 Å². The highest BCUT2D eigenvalue weighted by molar-refractivity contribution is 5.85. The summed E-state index contributed by atoms with van der Waals surface area (Å²) in [5.41, 5.74) is 0. The Morgan fingerprint density at radius 3 is 1.93 bits per heavy atom. The maximum Gasteiger partial charge on any atom is 0.209 e. The second kappa shape index (κ2) is 17.9. The molecule has 0 bridgehead atoms. The molecule has 0 atom stereocenters. The zero-order valence-electron chi connectivity index (χ0n) is 9.02. The molecule has 0 fully saturated rings. The van der Waals surface area contributed by atoms with Crippen LogP contribution in [0.3, 0.4) is 0 Å². The Bertz CT molecular complexity index is 151. The molecule has 0 aliphatic rings. The lowest BCUT2D eigenvalue weighted by atomic mass is 11.0. The van der Waals surface area contributed by atoms with Crippen LogP contribution in [0.5, 0.6) is 0 Å². The average molecular weight is 223 g/mol. The van der Waals surface area contributed by atoms with E-state index in [2.05, 4.69) is 15.3 Å². The highest BCUT2D eigenvalue weighted by atomic mass is 35.5. The van der Waals surface area contributed by atoms with Crippen LogP contribution >= 0.6 is 12.4 Å². The second-order valence-corrected chi connectivity index (χ2v) is 2.33. The number of aromatic nitrogens is 2. The molecule has 2 N–H and O–H groups in total. The highest BCUT2D eigenvalue weighted by Gasteiger charge is 1.68. The maximum absolute atomic E-state index is 9.43. The van der Waals surface area contributed by atoms with Crippen LogP contribution in [-0.2, 0) is 4.79 Å². The van der Waals surface area contributed by atoms with Gasteiger partial charge in [0.05, 0.1) is 6.33 Å². The molecule has 5 nitrogen and oxygen atoms in total. The molecule has 6 heteroatoms. The molecular weight excluding hydrogens is 204 g/mol. The summed E-state index contributed by atoms with van der Waals surface area (Å²) in [4.78, 5) is 17.3. The van der Waals surface area contributed by atoms with Gasteiger partial charge in [0, 0.05) is 26.5 Å². The van der Waals surface area contributed by atoms with Gasteiger partial charge in [-0.25, -0.2) is 4.98 Å². The van der Waals surface area contributed by atoms with Crippen LogP contribution < -0.4 is 5.32 Å². The number of imidazole rings is 1. The summed E-state index contributed by atoms with van der Waals surface area (Å²) in [6.45, 7) is 0. The summed E-state index contributed by atoms with van der Waals surface area (Å²) in [5.74, 6) is 0. The first kappa shape index (κ1) is 18.7. The predicted octanol–water partition coefficient (Wildman–Crippen LogP) is 0.371. The van der Waals surface area contributed by atoms with Crippen molar-refractivity contribution >= 4 is 18.8 Å². The smallest absolute Gasteiger partial charge is 0.209 e. The monoisotopic (exact) mass is 222 g/mol. The molecule has 0 saturated heterocycles. The van der Waals surface area contributed by atoms with Gasteiger partial charge in [0.25, 0.3) is 0 Å². The molecule has 84 valence electrons. The van der Waals surface area contributed by atoms with Crippen LogP contribution in [0.4, 0.5) is 0 Å². The summed E-state index contributed by atoms with van der Waals surface area (Å²) in [5, 5.41) is 2.75. The van der Waals surface area contributed by atoms with Crippen molar-refractivity contribution in [3.05, 3.63) is 18.7 Å². The Morgan fingerprint density at radius 2 is 1.86 bits per heavy atom. The normalized spacial score (nSPS) is 6.57. The SMILES string of the molecule is CN(C)C=O.CNC.Cl.c1c[nH]cn1. The number of nitrogens with one attached hydrogen (secondary N) is 2. The number of amides is 1. The van der Waals surface area contributed by atoms with Crippen molar-refractivity contribution in [3.63, 3.8) is 0 Å². The summed E-state index contributed by atoms with van der Waals surface area (Å²) in [7, 11) is 7.12. The minimum Gasteiger partial charge on any atom is -0.351 e. The number of carbonyl (C=O) groups is 1. The zero-order chi connectivity index (χ0) is 10.5. The summed E-state index contributed by atoms with van der Waals surface area (Å²) >= 11 is 0. The molecule has 0 saturated carbocycles. The van der Waals surface area contributed by atoms with E-state index in [-0.39, 0.29) is 12.4 Å².